The topological polar surface area (TPSA) is 49.9 Å². The van der Waals surface area contributed by atoms with Crippen molar-refractivity contribution in [3.05, 3.63) is 0 Å². The van der Waals surface area contributed by atoms with Crippen LogP contribution in [0.15, 0.2) is 0 Å². The first-order valence-electron chi connectivity index (χ1n) is 8.73. The second-order valence-electron chi connectivity index (χ2n) is 6.93. The van der Waals surface area contributed by atoms with Crippen LogP contribution in [0.4, 0.5) is 0 Å². The van der Waals surface area contributed by atoms with E-state index >= 15 is 0 Å². The maximum Gasteiger partial charge on any atom is 0.242 e. The highest BCUT2D eigenvalue weighted by atomic mass is 16.5. The van der Waals surface area contributed by atoms with Gasteiger partial charge >= 0.3 is 0 Å². The third-order valence-electron chi connectivity index (χ3n) is 4.55. The number of ether oxygens (including phenoxy) is 1. The van der Waals surface area contributed by atoms with Gasteiger partial charge in [-0.2, -0.15) is 0 Å². The normalized spacial score (nSPS) is 23.2. The summed E-state index contributed by atoms with van der Waals surface area (Å²) >= 11 is 0. The summed E-state index contributed by atoms with van der Waals surface area (Å²) in [6.45, 7) is 7.39. The SMILES string of the molecule is CC(C)CCCC1CN(C(=O)CN2CCCCC2=O)CCO1. The molecule has 2 rings (SSSR count). The lowest BCUT2D eigenvalue weighted by Gasteiger charge is -2.35. The van der Waals surface area contributed by atoms with Crippen LogP contribution in [-0.2, 0) is 14.3 Å². The Bertz CT molecular complexity index is 384. The summed E-state index contributed by atoms with van der Waals surface area (Å²) in [6, 6.07) is 0. The molecule has 5 heteroatoms. The summed E-state index contributed by atoms with van der Waals surface area (Å²) in [7, 11) is 0. The fraction of sp³-hybridized carbons (Fsp3) is 0.882. The predicted octanol–water partition coefficient (Wildman–Crippen LogP) is 2.05. The Morgan fingerprint density at radius 2 is 2.14 bits per heavy atom. The molecule has 126 valence electrons. The lowest BCUT2D eigenvalue weighted by molar-refractivity contribution is -0.146. The van der Waals surface area contributed by atoms with E-state index in [0.717, 1.165) is 32.2 Å². The molecule has 0 aliphatic carbocycles. The molecule has 2 aliphatic heterocycles. The Kier molecular flexibility index (Phi) is 6.68. The number of rotatable bonds is 6. The highest BCUT2D eigenvalue weighted by Gasteiger charge is 2.27. The van der Waals surface area contributed by atoms with Crippen LogP contribution < -0.4 is 0 Å². The number of amides is 2. The van der Waals surface area contributed by atoms with Crippen molar-refractivity contribution in [2.75, 3.05) is 32.8 Å². The minimum absolute atomic E-state index is 0.0763. The number of carbonyl (C=O) groups excluding carboxylic acids is 2. The number of piperidine rings is 1. The van der Waals surface area contributed by atoms with Gasteiger partial charge in [-0.3, -0.25) is 9.59 Å². The van der Waals surface area contributed by atoms with Gasteiger partial charge in [0, 0.05) is 26.1 Å². The Hall–Kier alpha value is -1.10. The van der Waals surface area contributed by atoms with Crippen LogP contribution in [-0.4, -0.2) is 60.5 Å². The van der Waals surface area contributed by atoms with Gasteiger partial charge in [0.15, 0.2) is 0 Å². The van der Waals surface area contributed by atoms with E-state index in [0.29, 0.717) is 32.0 Å². The Morgan fingerprint density at radius 3 is 2.86 bits per heavy atom. The third kappa shape index (κ3) is 5.27. The first-order valence-corrected chi connectivity index (χ1v) is 8.73. The fourth-order valence-electron chi connectivity index (χ4n) is 3.17. The minimum Gasteiger partial charge on any atom is -0.375 e. The lowest BCUT2D eigenvalue weighted by Crippen LogP contribution is -2.50. The zero-order valence-electron chi connectivity index (χ0n) is 14.1. The van der Waals surface area contributed by atoms with Crippen LogP contribution in [0.3, 0.4) is 0 Å². The van der Waals surface area contributed by atoms with Gasteiger partial charge in [-0.15, -0.1) is 0 Å². The molecule has 0 spiro atoms. The van der Waals surface area contributed by atoms with Gasteiger partial charge < -0.3 is 14.5 Å². The summed E-state index contributed by atoms with van der Waals surface area (Å²) in [5, 5.41) is 0. The van der Waals surface area contributed by atoms with Crippen LogP contribution in [0.5, 0.6) is 0 Å². The molecule has 0 bridgehead atoms. The van der Waals surface area contributed by atoms with Gasteiger partial charge in [0.25, 0.3) is 0 Å². The van der Waals surface area contributed by atoms with E-state index in [-0.39, 0.29) is 24.5 Å². The predicted molar refractivity (Wildman–Crippen MR) is 85.4 cm³/mol. The number of carbonyl (C=O) groups is 2. The number of hydrogen-bond donors (Lipinski definition) is 0. The molecule has 1 atom stereocenters. The zero-order chi connectivity index (χ0) is 15.9. The molecule has 1 unspecified atom stereocenters. The first kappa shape index (κ1) is 17.3. The molecule has 2 heterocycles. The minimum atomic E-state index is 0.0763. The van der Waals surface area contributed by atoms with Gasteiger partial charge in [0.1, 0.15) is 0 Å². The van der Waals surface area contributed by atoms with E-state index in [9.17, 15) is 9.59 Å². The van der Waals surface area contributed by atoms with Crippen molar-refractivity contribution in [2.24, 2.45) is 5.92 Å². The second kappa shape index (κ2) is 8.51. The molecule has 5 nitrogen and oxygen atoms in total. The number of nitrogens with zero attached hydrogens (tertiary/aromatic N) is 2. The van der Waals surface area contributed by atoms with Crippen LogP contribution in [0, 0.1) is 5.92 Å². The van der Waals surface area contributed by atoms with Crippen LogP contribution in [0.2, 0.25) is 0 Å². The van der Waals surface area contributed by atoms with Crippen molar-refractivity contribution in [2.45, 2.75) is 58.5 Å². The van der Waals surface area contributed by atoms with E-state index < -0.39 is 0 Å². The standard InChI is InChI=1S/C17H30N2O3/c1-14(2)6-5-7-15-12-19(10-11-22-15)17(21)13-18-9-4-3-8-16(18)20/h14-15H,3-13H2,1-2H3. The molecule has 2 fully saturated rings. The van der Waals surface area contributed by atoms with Gasteiger partial charge in [0.2, 0.25) is 11.8 Å². The van der Waals surface area contributed by atoms with E-state index in [2.05, 4.69) is 13.8 Å². The summed E-state index contributed by atoms with van der Waals surface area (Å²) in [6.07, 6.45) is 6.09. The molecular weight excluding hydrogens is 280 g/mol. The quantitative estimate of drug-likeness (QED) is 0.754. The van der Waals surface area contributed by atoms with E-state index in [4.69, 9.17) is 4.74 Å². The monoisotopic (exact) mass is 310 g/mol. The molecule has 0 aromatic carbocycles. The first-order chi connectivity index (χ1) is 10.6. The molecule has 0 N–H and O–H groups in total. The van der Waals surface area contributed by atoms with Crippen molar-refractivity contribution in [3.8, 4) is 0 Å². The fourth-order valence-corrected chi connectivity index (χ4v) is 3.17. The Morgan fingerprint density at radius 1 is 1.32 bits per heavy atom. The van der Waals surface area contributed by atoms with Crippen molar-refractivity contribution in [3.63, 3.8) is 0 Å². The number of likely N-dealkylation sites (tertiary alicyclic amines) is 1. The maximum absolute atomic E-state index is 12.4. The van der Waals surface area contributed by atoms with Crippen LogP contribution in [0.1, 0.15) is 52.4 Å². The molecule has 0 aromatic heterocycles. The number of morpholine rings is 1. The second-order valence-corrected chi connectivity index (χ2v) is 6.93. The molecule has 2 amide bonds. The Labute approximate surface area is 134 Å². The average molecular weight is 310 g/mol. The Balaban J connectivity index is 1.75. The molecule has 22 heavy (non-hydrogen) atoms. The van der Waals surface area contributed by atoms with E-state index in [1.54, 1.807) is 4.90 Å². The maximum atomic E-state index is 12.4. The average Bonchev–Trinajstić information content (AvgIpc) is 2.49. The largest absolute Gasteiger partial charge is 0.375 e. The van der Waals surface area contributed by atoms with Gasteiger partial charge in [-0.05, 0) is 25.2 Å². The summed E-state index contributed by atoms with van der Waals surface area (Å²) in [4.78, 5) is 27.8. The van der Waals surface area contributed by atoms with Crippen molar-refractivity contribution in [1.82, 2.24) is 9.80 Å². The van der Waals surface area contributed by atoms with Gasteiger partial charge in [0.05, 0.1) is 19.3 Å². The van der Waals surface area contributed by atoms with Crippen LogP contribution in [0.25, 0.3) is 0 Å². The molecule has 2 aliphatic rings. The zero-order valence-corrected chi connectivity index (χ0v) is 14.1. The third-order valence-corrected chi connectivity index (χ3v) is 4.55. The number of hydrogen-bond acceptors (Lipinski definition) is 3. The van der Waals surface area contributed by atoms with Gasteiger partial charge in [-0.25, -0.2) is 0 Å². The van der Waals surface area contributed by atoms with E-state index in [1.165, 1.54) is 6.42 Å². The molecule has 0 radical (unpaired) electrons. The van der Waals surface area contributed by atoms with Crippen molar-refractivity contribution in [1.29, 1.82) is 0 Å². The summed E-state index contributed by atoms with van der Waals surface area (Å²) in [5.41, 5.74) is 0. The molecular formula is C17H30N2O3. The lowest BCUT2D eigenvalue weighted by atomic mass is 10.0. The molecule has 2 saturated heterocycles. The summed E-state index contributed by atoms with van der Waals surface area (Å²) in [5.74, 6) is 0.917. The van der Waals surface area contributed by atoms with Crippen molar-refractivity contribution < 1.29 is 14.3 Å². The smallest absolute Gasteiger partial charge is 0.242 e. The van der Waals surface area contributed by atoms with Gasteiger partial charge in [-0.1, -0.05) is 26.7 Å². The van der Waals surface area contributed by atoms with Crippen LogP contribution >= 0.6 is 0 Å². The molecule has 0 saturated carbocycles. The highest BCUT2D eigenvalue weighted by Crippen LogP contribution is 2.16. The van der Waals surface area contributed by atoms with E-state index in [1.807, 2.05) is 4.90 Å². The highest BCUT2D eigenvalue weighted by molar-refractivity contribution is 5.85. The van der Waals surface area contributed by atoms with Crippen molar-refractivity contribution >= 4 is 11.8 Å². The summed E-state index contributed by atoms with van der Waals surface area (Å²) < 4.78 is 5.78. The molecule has 0 aromatic rings.